The van der Waals surface area contributed by atoms with E-state index >= 15 is 0 Å². The van der Waals surface area contributed by atoms with E-state index in [4.69, 9.17) is 10.7 Å². The highest BCUT2D eigenvalue weighted by Gasteiger charge is 2.21. The van der Waals surface area contributed by atoms with Crippen LogP contribution in [0.5, 0.6) is 0 Å². The third-order valence-corrected chi connectivity index (χ3v) is 1.83. The molecular weight excluding hydrogens is 126 g/mol. The summed E-state index contributed by atoms with van der Waals surface area (Å²) in [7, 11) is 1.98. The summed E-state index contributed by atoms with van der Waals surface area (Å²) in [4.78, 5) is 2.09. The van der Waals surface area contributed by atoms with Gasteiger partial charge in [0.05, 0.1) is 12.0 Å². The van der Waals surface area contributed by atoms with Gasteiger partial charge in [-0.2, -0.15) is 5.26 Å². The molecule has 3 heteroatoms. The molecule has 0 radical (unpaired) electrons. The van der Waals surface area contributed by atoms with Crippen LogP contribution >= 0.6 is 0 Å². The van der Waals surface area contributed by atoms with Gasteiger partial charge >= 0.3 is 0 Å². The van der Waals surface area contributed by atoms with Gasteiger partial charge in [-0.25, -0.2) is 0 Å². The molecular formula is C7H11N3. The Morgan fingerprint density at radius 2 is 2.50 bits per heavy atom. The Kier molecular flexibility index (Phi) is 2.03. The lowest BCUT2D eigenvalue weighted by atomic mass is 9.98. The van der Waals surface area contributed by atoms with Gasteiger partial charge in [0.25, 0.3) is 0 Å². The highest BCUT2D eigenvalue weighted by Crippen LogP contribution is 2.09. The molecule has 0 aromatic heterocycles. The molecule has 10 heavy (non-hydrogen) atoms. The van der Waals surface area contributed by atoms with Gasteiger partial charge in [-0.15, -0.1) is 0 Å². The molecule has 1 atom stereocenters. The molecule has 1 heterocycles. The number of nitrogens with one attached hydrogen (secondary N) is 1. The minimum Gasteiger partial charge on any atom is -0.308 e. The smallest absolute Gasteiger partial charge is 0.0965 e. The molecule has 54 valence electrons. The van der Waals surface area contributed by atoms with Crippen LogP contribution < -0.4 is 0 Å². The molecule has 1 saturated heterocycles. The van der Waals surface area contributed by atoms with Gasteiger partial charge in [-0.3, -0.25) is 0 Å². The van der Waals surface area contributed by atoms with Crippen LogP contribution in [0, 0.1) is 22.7 Å². The van der Waals surface area contributed by atoms with Crippen molar-refractivity contribution in [3.8, 4) is 6.07 Å². The van der Waals surface area contributed by atoms with Crippen molar-refractivity contribution in [2.24, 2.45) is 5.92 Å². The van der Waals surface area contributed by atoms with Crippen molar-refractivity contribution in [2.45, 2.75) is 6.42 Å². The topological polar surface area (TPSA) is 50.9 Å². The largest absolute Gasteiger partial charge is 0.308 e. The van der Waals surface area contributed by atoms with Gasteiger partial charge < -0.3 is 10.3 Å². The molecule has 1 unspecified atom stereocenters. The van der Waals surface area contributed by atoms with Crippen LogP contribution in [-0.2, 0) is 0 Å². The number of piperidine rings is 1. The molecule has 0 spiro atoms. The minimum atomic E-state index is -0.154. The van der Waals surface area contributed by atoms with Crippen LogP contribution in [0.15, 0.2) is 0 Å². The lowest BCUT2D eigenvalue weighted by Crippen LogP contribution is -2.37. The Labute approximate surface area is 60.8 Å². The van der Waals surface area contributed by atoms with Crippen LogP contribution in [0.3, 0.4) is 0 Å². The van der Waals surface area contributed by atoms with E-state index in [-0.39, 0.29) is 5.92 Å². The number of nitriles is 1. The summed E-state index contributed by atoms with van der Waals surface area (Å²) in [6.07, 6.45) is 0.759. The molecule has 0 bridgehead atoms. The first-order valence-electron chi connectivity index (χ1n) is 3.39. The number of hydrogen-bond acceptors (Lipinski definition) is 3. The number of nitrogens with zero attached hydrogens (tertiary/aromatic N) is 2. The molecule has 3 nitrogen and oxygen atoms in total. The summed E-state index contributed by atoms with van der Waals surface area (Å²) < 4.78 is 0. The predicted molar refractivity (Wildman–Crippen MR) is 38.9 cm³/mol. The monoisotopic (exact) mass is 137 g/mol. The van der Waals surface area contributed by atoms with Crippen molar-refractivity contribution >= 4 is 5.71 Å². The fraction of sp³-hybridized carbons (Fsp3) is 0.714. The normalized spacial score (nSPS) is 28.0. The predicted octanol–water partition coefficient (Wildman–Crippen LogP) is 0.481. The maximum absolute atomic E-state index is 8.56. The summed E-state index contributed by atoms with van der Waals surface area (Å²) in [6.45, 7) is 1.66. The van der Waals surface area contributed by atoms with Crippen molar-refractivity contribution in [1.29, 1.82) is 10.7 Å². The second-order valence-corrected chi connectivity index (χ2v) is 2.72. The molecule has 1 N–H and O–H groups in total. The van der Waals surface area contributed by atoms with E-state index in [0.29, 0.717) is 5.71 Å². The average Bonchev–Trinajstić information content (AvgIpc) is 1.94. The van der Waals surface area contributed by atoms with Crippen molar-refractivity contribution in [1.82, 2.24) is 4.90 Å². The van der Waals surface area contributed by atoms with Gasteiger partial charge in [0.15, 0.2) is 0 Å². The van der Waals surface area contributed by atoms with E-state index in [2.05, 4.69) is 11.0 Å². The Morgan fingerprint density at radius 1 is 1.80 bits per heavy atom. The van der Waals surface area contributed by atoms with E-state index in [0.717, 1.165) is 19.5 Å². The molecule has 1 aliphatic heterocycles. The Morgan fingerprint density at radius 3 is 3.00 bits per heavy atom. The maximum atomic E-state index is 8.56. The summed E-state index contributed by atoms with van der Waals surface area (Å²) in [5, 5.41) is 15.9. The lowest BCUT2D eigenvalue weighted by molar-refractivity contribution is 0.312. The average molecular weight is 137 g/mol. The first-order chi connectivity index (χ1) is 4.74. The second-order valence-electron chi connectivity index (χ2n) is 2.72. The number of likely N-dealkylation sites (tertiary alicyclic amines) is 1. The molecule has 1 rings (SSSR count). The van der Waals surface area contributed by atoms with Gasteiger partial charge in [0.2, 0.25) is 0 Å². The molecule has 1 aliphatic rings. The first-order valence-corrected chi connectivity index (χ1v) is 3.39. The molecule has 0 aromatic rings. The van der Waals surface area contributed by atoms with E-state index in [1.54, 1.807) is 0 Å². The van der Waals surface area contributed by atoms with Crippen molar-refractivity contribution in [2.75, 3.05) is 20.1 Å². The molecule has 0 saturated carbocycles. The van der Waals surface area contributed by atoms with Crippen LogP contribution in [0.2, 0.25) is 0 Å². The Hall–Kier alpha value is -0.880. The van der Waals surface area contributed by atoms with Crippen molar-refractivity contribution < 1.29 is 0 Å². The van der Waals surface area contributed by atoms with Crippen molar-refractivity contribution in [3.63, 3.8) is 0 Å². The van der Waals surface area contributed by atoms with E-state index in [9.17, 15) is 0 Å². The zero-order valence-electron chi connectivity index (χ0n) is 6.09. The zero-order valence-corrected chi connectivity index (χ0v) is 6.09. The first kappa shape index (κ1) is 7.23. The van der Waals surface area contributed by atoms with E-state index < -0.39 is 0 Å². The highest BCUT2D eigenvalue weighted by molar-refractivity contribution is 5.87. The fourth-order valence-electron chi connectivity index (χ4n) is 1.12. The van der Waals surface area contributed by atoms with Gasteiger partial charge in [-0.05, 0) is 13.5 Å². The van der Waals surface area contributed by atoms with Crippen LogP contribution in [0.25, 0.3) is 0 Å². The van der Waals surface area contributed by atoms with Crippen LogP contribution in [-0.4, -0.2) is 30.7 Å². The zero-order chi connectivity index (χ0) is 7.56. The summed E-state index contributed by atoms with van der Waals surface area (Å²) in [5.41, 5.74) is 0.598. The molecule has 0 aliphatic carbocycles. The maximum Gasteiger partial charge on any atom is 0.0965 e. The summed E-state index contributed by atoms with van der Waals surface area (Å²) in [6, 6.07) is 2.12. The van der Waals surface area contributed by atoms with E-state index in [1.165, 1.54) is 0 Å². The molecule has 0 aromatic carbocycles. The molecule has 0 amide bonds. The Bertz CT molecular complexity index is 180. The third kappa shape index (κ3) is 1.34. The van der Waals surface area contributed by atoms with Gasteiger partial charge in [-0.1, -0.05) is 0 Å². The standard InChI is InChI=1S/C7H11N3/c1-10-3-2-7(9)6(4-8)5-10/h6,9H,2-3,5H2,1H3. The summed E-state index contributed by atoms with van der Waals surface area (Å²) >= 11 is 0. The lowest BCUT2D eigenvalue weighted by Gasteiger charge is -2.25. The van der Waals surface area contributed by atoms with E-state index in [1.807, 2.05) is 7.05 Å². The second kappa shape index (κ2) is 2.80. The SMILES string of the molecule is CN1CCC(=N)C(C#N)C1. The van der Waals surface area contributed by atoms with Gasteiger partial charge in [0.1, 0.15) is 0 Å². The minimum absolute atomic E-state index is 0.154. The van der Waals surface area contributed by atoms with Crippen LogP contribution in [0.4, 0.5) is 0 Å². The van der Waals surface area contributed by atoms with Gasteiger partial charge in [0, 0.05) is 18.8 Å². The number of hydrogen-bond donors (Lipinski definition) is 1. The quantitative estimate of drug-likeness (QED) is 0.528. The molecule has 1 fully saturated rings. The number of rotatable bonds is 0. The highest BCUT2D eigenvalue weighted by atomic mass is 15.1. The fourth-order valence-corrected chi connectivity index (χ4v) is 1.12. The third-order valence-electron chi connectivity index (χ3n) is 1.83. The van der Waals surface area contributed by atoms with Crippen molar-refractivity contribution in [3.05, 3.63) is 0 Å². The summed E-state index contributed by atoms with van der Waals surface area (Å²) in [5.74, 6) is -0.154. The Balaban J connectivity index is 2.56. The van der Waals surface area contributed by atoms with Crippen LogP contribution in [0.1, 0.15) is 6.42 Å².